The van der Waals surface area contributed by atoms with Crippen LogP contribution in [-0.2, 0) is 9.53 Å². The molecule has 0 bridgehead atoms. The van der Waals surface area contributed by atoms with Crippen molar-refractivity contribution in [1.29, 1.82) is 0 Å². The number of esters is 1. The maximum Gasteiger partial charge on any atom is 0.314 e. The lowest BCUT2D eigenvalue weighted by Crippen LogP contribution is -1.87. The van der Waals surface area contributed by atoms with Gasteiger partial charge < -0.3 is 10.2 Å². The van der Waals surface area contributed by atoms with Crippen LogP contribution in [0, 0.1) is 0 Å². The summed E-state index contributed by atoms with van der Waals surface area (Å²) < 4.78 is 4.33. The van der Waals surface area contributed by atoms with E-state index in [1.165, 1.54) is 6.26 Å². The Morgan fingerprint density at radius 2 is 2.43 bits per heavy atom. The molecule has 3 nitrogen and oxygen atoms in total. The predicted octanol–water partition coefficient (Wildman–Crippen LogP) is -0.378. The molecule has 0 aromatic heterocycles. The Morgan fingerprint density at radius 1 is 1.71 bits per heavy atom. The van der Waals surface area contributed by atoms with Crippen LogP contribution in [-0.4, -0.2) is 11.4 Å². The lowest BCUT2D eigenvalue weighted by atomic mass is 10.5. The normalized spacial score (nSPS) is 15.7. The average Bonchev–Trinajstić information content (AvgIpc) is 1.86. The van der Waals surface area contributed by atoms with Gasteiger partial charge in [-0.15, -0.1) is 0 Å². The second-order valence-electron chi connectivity index (χ2n) is 1.07. The second kappa shape index (κ2) is 2.36. The van der Waals surface area contributed by atoms with E-state index in [-0.39, 0.29) is 11.4 Å². The third-order valence-electron chi connectivity index (χ3n) is 0.580. The van der Waals surface area contributed by atoms with E-state index in [0.29, 0.717) is 6.42 Å². The molecular formula is C4H6O3. The molecule has 0 aliphatic carbocycles. The van der Waals surface area contributed by atoms with Crippen LogP contribution in [0.15, 0.2) is 12.3 Å². The highest BCUT2D eigenvalue weighted by Crippen LogP contribution is 1.96. The van der Waals surface area contributed by atoms with Gasteiger partial charge in [0.25, 0.3) is 0 Å². The van der Waals surface area contributed by atoms with Crippen molar-refractivity contribution in [2.45, 2.75) is 6.42 Å². The van der Waals surface area contributed by atoms with Gasteiger partial charge in [0.15, 0.2) is 0 Å². The van der Waals surface area contributed by atoms with Crippen LogP contribution in [0.5, 0.6) is 0 Å². The smallest absolute Gasteiger partial charge is 0.314 e. The predicted molar refractivity (Wildman–Crippen MR) is 23.5 cm³/mol. The van der Waals surface area contributed by atoms with Crippen molar-refractivity contribution < 1.29 is 15.0 Å². The fourth-order valence-electron chi connectivity index (χ4n) is 0.316. The molecule has 0 fully saturated rings. The van der Waals surface area contributed by atoms with Crippen molar-refractivity contribution in [2.24, 2.45) is 0 Å². The Hall–Kier alpha value is -0.830. The summed E-state index contributed by atoms with van der Waals surface area (Å²) in [6.45, 7) is 0. The lowest BCUT2D eigenvalue weighted by molar-refractivity contribution is -0.135. The van der Waals surface area contributed by atoms with Crippen molar-refractivity contribution in [1.82, 2.24) is 0 Å². The molecule has 0 saturated heterocycles. The Morgan fingerprint density at radius 3 is 2.57 bits per heavy atom. The summed E-state index contributed by atoms with van der Waals surface area (Å²) in [6.07, 6.45) is 3.53. The fourth-order valence-corrected chi connectivity index (χ4v) is 0.316. The van der Waals surface area contributed by atoms with Crippen molar-refractivity contribution in [3.8, 4) is 0 Å². The zero-order valence-corrected chi connectivity index (χ0v) is 3.68. The van der Waals surface area contributed by atoms with Gasteiger partial charge in [-0.25, -0.2) is 0 Å². The maximum absolute atomic E-state index is 9.96. The molecule has 1 rings (SSSR count). The molecule has 0 radical (unpaired) electrons. The minimum atomic E-state index is -0.157. The van der Waals surface area contributed by atoms with Gasteiger partial charge in [0.2, 0.25) is 0 Å². The first-order valence-electron chi connectivity index (χ1n) is 1.74. The molecule has 1 heterocycles. The van der Waals surface area contributed by atoms with Gasteiger partial charge in [-0.2, -0.15) is 0 Å². The van der Waals surface area contributed by atoms with E-state index in [2.05, 4.69) is 4.74 Å². The van der Waals surface area contributed by atoms with Gasteiger partial charge in [0, 0.05) is 0 Å². The van der Waals surface area contributed by atoms with Gasteiger partial charge in [0.1, 0.15) is 0 Å². The molecule has 40 valence electrons. The molecule has 0 aromatic carbocycles. The van der Waals surface area contributed by atoms with Gasteiger partial charge >= 0.3 is 5.97 Å². The number of cyclic esters (lactones) is 1. The SMILES string of the molecule is O.O=C1CC=CO1. The molecule has 0 saturated carbocycles. The number of hydrogen-bond acceptors (Lipinski definition) is 2. The standard InChI is InChI=1S/C4H4O2.H2O/c5-4-2-1-3-6-4;/h1,3H,2H2;1H2. The van der Waals surface area contributed by atoms with E-state index in [9.17, 15) is 4.79 Å². The molecular weight excluding hydrogens is 96.0 g/mol. The van der Waals surface area contributed by atoms with E-state index in [1.807, 2.05) is 0 Å². The number of hydrogen-bond donors (Lipinski definition) is 0. The zero-order chi connectivity index (χ0) is 4.41. The lowest BCUT2D eigenvalue weighted by Gasteiger charge is -1.78. The van der Waals surface area contributed by atoms with E-state index in [0.717, 1.165) is 0 Å². The van der Waals surface area contributed by atoms with Crippen molar-refractivity contribution >= 4 is 5.97 Å². The number of carbonyl (C=O) groups excluding carboxylic acids is 1. The van der Waals surface area contributed by atoms with Crippen LogP contribution in [0.1, 0.15) is 6.42 Å². The summed E-state index contributed by atoms with van der Waals surface area (Å²) in [7, 11) is 0. The van der Waals surface area contributed by atoms with Crippen LogP contribution in [0.4, 0.5) is 0 Å². The Bertz CT molecular complexity index is 85.1. The summed E-state index contributed by atoms with van der Waals surface area (Å²) >= 11 is 0. The summed E-state index contributed by atoms with van der Waals surface area (Å²) in [5.74, 6) is -0.157. The molecule has 0 amide bonds. The quantitative estimate of drug-likeness (QED) is 0.391. The summed E-state index contributed by atoms with van der Waals surface area (Å²) in [4.78, 5) is 9.96. The van der Waals surface area contributed by atoms with E-state index < -0.39 is 0 Å². The molecule has 1 aliphatic rings. The minimum Gasteiger partial charge on any atom is -0.435 e. The third-order valence-corrected chi connectivity index (χ3v) is 0.580. The van der Waals surface area contributed by atoms with Crippen LogP contribution in [0.3, 0.4) is 0 Å². The summed E-state index contributed by atoms with van der Waals surface area (Å²) in [5.41, 5.74) is 0. The highest BCUT2D eigenvalue weighted by molar-refractivity contribution is 5.73. The third kappa shape index (κ3) is 1.36. The first kappa shape index (κ1) is 6.17. The van der Waals surface area contributed by atoms with Gasteiger partial charge in [-0.3, -0.25) is 4.79 Å². The van der Waals surface area contributed by atoms with Crippen LogP contribution >= 0.6 is 0 Å². The molecule has 0 aromatic rings. The average molecular weight is 102 g/mol. The Kier molecular flexibility index (Phi) is 2.08. The zero-order valence-electron chi connectivity index (χ0n) is 3.68. The van der Waals surface area contributed by atoms with Crippen molar-refractivity contribution in [3.05, 3.63) is 12.3 Å². The molecule has 3 heteroatoms. The number of rotatable bonds is 0. The van der Waals surface area contributed by atoms with Crippen LogP contribution in [0.25, 0.3) is 0 Å². The van der Waals surface area contributed by atoms with E-state index >= 15 is 0 Å². The van der Waals surface area contributed by atoms with Crippen LogP contribution in [0.2, 0.25) is 0 Å². The Labute approximate surface area is 40.9 Å². The second-order valence-corrected chi connectivity index (χ2v) is 1.07. The highest BCUT2D eigenvalue weighted by Gasteiger charge is 2.00. The monoisotopic (exact) mass is 102 g/mol. The highest BCUT2D eigenvalue weighted by atomic mass is 16.5. The summed E-state index contributed by atoms with van der Waals surface area (Å²) in [6, 6.07) is 0. The number of carbonyl (C=O) groups is 1. The first-order valence-corrected chi connectivity index (χ1v) is 1.74. The summed E-state index contributed by atoms with van der Waals surface area (Å²) in [5, 5.41) is 0. The molecule has 0 spiro atoms. The van der Waals surface area contributed by atoms with Crippen molar-refractivity contribution in [3.63, 3.8) is 0 Å². The largest absolute Gasteiger partial charge is 0.435 e. The number of ether oxygens (including phenoxy) is 1. The first-order chi connectivity index (χ1) is 2.89. The fraction of sp³-hybridized carbons (Fsp3) is 0.250. The van der Waals surface area contributed by atoms with Crippen LogP contribution < -0.4 is 0 Å². The van der Waals surface area contributed by atoms with Gasteiger partial charge in [-0.1, -0.05) is 0 Å². The van der Waals surface area contributed by atoms with Gasteiger partial charge in [-0.05, 0) is 6.08 Å². The van der Waals surface area contributed by atoms with Gasteiger partial charge in [0.05, 0.1) is 12.7 Å². The maximum atomic E-state index is 9.96. The molecule has 0 unspecified atom stereocenters. The molecule has 2 N–H and O–H groups in total. The van der Waals surface area contributed by atoms with Crippen molar-refractivity contribution in [2.75, 3.05) is 0 Å². The minimum absolute atomic E-state index is 0. The molecule has 7 heavy (non-hydrogen) atoms. The topological polar surface area (TPSA) is 57.8 Å². The molecule has 1 aliphatic heterocycles. The van der Waals surface area contributed by atoms with E-state index in [1.54, 1.807) is 6.08 Å². The Balaban J connectivity index is 0.000000360. The van der Waals surface area contributed by atoms with E-state index in [4.69, 9.17) is 0 Å². The molecule has 0 atom stereocenters.